The van der Waals surface area contributed by atoms with Crippen LogP contribution in [0.4, 0.5) is 0 Å². The molecule has 2 aliphatic rings. The maximum Gasteiger partial charge on any atom is 0.109 e. The summed E-state index contributed by atoms with van der Waals surface area (Å²) in [5, 5.41) is 3.41. The number of piperidine rings is 1. The molecule has 2 fully saturated rings. The van der Waals surface area contributed by atoms with Gasteiger partial charge in [-0.3, -0.25) is 0 Å². The highest BCUT2D eigenvalue weighted by Crippen LogP contribution is 2.33. The van der Waals surface area contributed by atoms with E-state index in [1.807, 2.05) is 0 Å². The van der Waals surface area contributed by atoms with Gasteiger partial charge in [0, 0.05) is 23.7 Å². The van der Waals surface area contributed by atoms with E-state index in [9.17, 15) is 0 Å². The first kappa shape index (κ1) is 10.3. The normalized spacial score (nSPS) is 24.0. The minimum atomic E-state index is 0.712. The molecule has 2 heterocycles. The van der Waals surface area contributed by atoms with Crippen molar-refractivity contribution in [2.75, 3.05) is 13.1 Å². The molecule has 1 aromatic heterocycles. The number of aromatic nitrogens is 2. The summed E-state index contributed by atoms with van der Waals surface area (Å²) in [6.45, 7) is 2.31. The average Bonchev–Trinajstić information content (AvgIpc) is 3.01. The van der Waals surface area contributed by atoms with Gasteiger partial charge in [-0.25, -0.2) is 4.98 Å². The van der Waals surface area contributed by atoms with Crippen LogP contribution in [0.1, 0.15) is 61.9 Å². The summed E-state index contributed by atoms with van der Waals surface area (Å²) in [4.78, 5) is 8.18. The fourth-order valence-electron chi connectivity index (χ4n) is 3.10. The molecule has 1 aliphatic heterocycles. The van der Waals surface area contributed by atoms with Crippen molar-refractivity contribution in [2.45, 2.75) is 50.4 Å². The van der Waals surface area contributed by atoms with Crippen molar-refractivity contribution >= 4 is 0 Å². The van der Waals surface area contributed by atoms with Crippen molar-refractivity contribution < 1.29 is 0 Å². The van der Waals surface area contributed by atoms with Gasteiger partial charge in [-0.15, -0.1) is 0 Å². The Kier molecular flexibility index (Phi) is 2.96. The molecule has 0 radical (unpaired) electrons. The molecule has 3 nitrogen and oxygen atoms in total. The Hall–Kier alpha value is -0.830. The van der Waals surface area contributed by atoms with Crippen molar-refractivity contribution in [3.63, 3.8) is 0 Å². The summed E-state index contributed by atoms with van der Waals surface area (Å²) in [5.41, 5.74) is 1.38. The minimum Gasteiger partial charge on any atom is -0.345 e. The fraction of sp³-hybridized carbons (Fsp3) is 0.769. The Morgan fingerprint density at radius 1 is 1.00 bits per heavy atom. The molecule has 0 amide bonds. The molecule has 1 saturated heterocycles. The minimum absolute atomic E-state index is 0.712. The van der Waals surface area contributed by atoms with E-state index in [1.165, 1.54) is 50.0 Å². The summed E-state index contributed by atoms with van der Waals surface area (Å²) >= 11 is 0. The third kappa shape index (κ3) is 2.01. The van der Waals surface area contributed by atoms with E-state index in [1.54, 1.807) is 0 Å². The van der Waals surface area contributed by atoms with Gasteiger partial charge in [0.15, 0.2) is 0 Å². The number of nitrogens with zero attached hydrogens (tertiary/aromatic N) is 1. The zero-order valence-corrected chi connectivity index (χ0v) is 9.84. The standard InChI is InChI=1S/C13H21N3/c1-2-4-11(3-1)13-15-9-12(16-13)10-5-7-14-8-6-10/h9-11,14H,1-8H2,(H,15,16). The number of H-pyrrole nitrogens is 1. The first-order valence-electron chi connectivity index (χ1n) is 6.69. The predicted octanol–water partition coefficient (Wildman–Crippen LogP) is 2.53. The summed E-state index contributed by atoms with van der Waals surface area (Å²) in [6.07, 6.45) is 10.0. The van der Waals surface area contributed by atoms with Gasteiger partial charge in [-0.1, -0.05) is 12.8 Å². The Labute approximate surface area is 97.0 Å². The number of hydrogen-bond acceptors (Lipinski definition) is 2. The third-order valence-electron chi connectivity index (χ3n) is 4.14. The van der Waals surface area contributed by atoms with E-state index in [-0.39, 0.29) is 0 Å². The average molecular weight is 219 g/mol. The molecular weight excluding hydrogens is 198 g/mol. The zero-order chi connectivity index (χ0) is 10.8. The van der Waals surface area contributed by atoms with Crippen LogP contribution in [0.5, 0.6) is 0 Å². The molecule has 88 valence electrons. The summed E-state index contributed by atoms with van der Waals surface area (Å²) in [5.74, 6) is 2.69. The SMILES string of the molecule is c1nc(C2CCCC2)[nH]c1C1CCNCC1. The second-order valence-corrected chi connectivity index (χ2v) is 5.23. The van der Waals surface area contributed by atoms with E-state index in [0.29, 0.717) is 5.92 Å². The maximum atomic E-state index is 4.60. The summed E-state index contributed by atoms with van der Waals surface area (Å²) in [7, 11) is 0. The Morgan fingerprint density at radius 3 is 2.50 bits per heavy atom. The van der Waals surface area contributed by atoms with Crippen molar-refractivity contribution in [1.29, 1.82) is 0 Å². The number of rotatable bonds is 2. The number of nitrogens with one attached hydrogen (secondary N) is 2. The fourth-order valence-corrected chi connectivity index (χ4v) is 3.10. The van der Waals surface area contributed by atoms with E-state index < -0.39 is 0 Å². The molecule has 1 aliphatic carbocycles. The van der Waals surface area contributed by atoms with Crippen LogP contribution >= 0.6 is 0 Å². The van der Waals surface area contributed by atoms with Crippen LogP contribution in [0.3, 0.4) is 0 Å². The molecule has 0 spiro atoms. The van der Waals surface area contributed by atoms with Crippen molar-refractivity contribution in [3.05, 3.63) is 17.7 Å². The van der Waals surface area contributed by atoms with Crippen molar-refractivity contribution in [2.24, 2.45) is 0 Å². The second kappa shape index (κ2) is 4.58. The summed E-state index contributed by atoms with van der Waals surface area (Å²) < 4.78 is 0. The quantitative estimate of drug-likeness (QED) is 0.802. The van der Waals surface area contributed by atoms with Gasteiger partial charge >= 0.3 is 0 Å². The van der Waals surface area contributed by atoms with Gasteiger partial charge in [0.1, 0.15) is 5.82 Å². The lowest BCUT2D eigenvalue weighted by molar-refractivity contribution is 0.453. The molecular formula is C13H21N3. The molecule has 2 N–H and O–H groups in total. The van der Waals surface area contributed by atoms with Crippen molar-refractivity contribution in [3.8, 4) is 0 Å². The molecule has 0 atom stereocenters. The van der Waals surface area contributed by atoms with Crippen LogP contribution in [0, 0.1) is 0 Å². The molecule has 3 rings (SSSR count). The van der Waals surface area contributed by atoms with E-state index in [2.05, 4.69) is 21.5 Å². The Bertz CT molecular complexity index is 333. The number of hydrogen-bond donors (Lipinski definition) is 2. The molecule has 3 heteroatoms. The monoisotopic (exact) mass is 219 g/mol. The highest BCUT2D eigenvalue weighted by Gasteiger charge is 2.22. The molecule has 1 saturated carbocycles. The van der Waals surface area contributed by atoms with Crippen LogP contribution in [0.2, 0.25) is 0 Å². The smallest absolute Gasteiger partial charge is 0.109 e. The predicted molar refractivity (Wildman–Crippen MR) is 64.6 cm³/mol. The molecule has 16 heavy (non-hydrogen) atoms. The van der Waals surface area contributed by atoms with Crippen molar-refractivity contribution in [1.82, 2.24) is 15.3 Å². The molecule has 0 unspecified atom stereocenters. The number of aromatic amines is 1. The highest BCUT2D eigenvalue weighted by atomic mass is 14.9. The third-order valence-corrected chi connectivity index (χ3v) is 4.14. The highest BCUT2D eigenvalue weighted by molar-refractivity contribution is 5.12. The molecule has 0 bridgehead atoms. The first-order valence-corrected chi connectivity index (χ1v) is 6.69. The topological polar surface area (TPSA) is 40.7 Å². The van der Waals surface area contributed by atoms with Gasteiger partial charge < -0.3 is 10.3 Å². The van der Waals surface area contributed by atoms with Gasteiger partial charge in [0.25, 0.3) is 0 Å². The Balaban J connectivity index is 1.71. The van der Waals surface area contributed by atoms with Crippen LogP contribution in [0.15, 0.2) is 6.20 Å². The van der Waals surface area contributed by atoms with Crippen LogP contribution < -0.4 is 5.32 Å². The van der Waals surface area contributed by atoms with Gasteiger partial charge in [0.2, 0.25) is 0 Å². The van der Waals surface area contributed by atoms with E-state index in [4.69, 9.17) is 0 Å². The summed E-state index contributed by atoms with van der Waals surface area (Å²) in [6, 6.07) is 0. The van der Waals surface area contributed by atoms with Gasteiger partial charge in [-0.05, 0) is 38.8 Å². The second-order valence-electron chi connectivity index (χ2n) is 5.23. The molecule has 0 aromatic carbocycles. The lowest BCUT2D eigenvalue weighted by Gasteiger charge is -2.21. The zero-order valence-electron chi connectivity index (χ0n) is 9.84. The first-order chi connectivity index (χ1) is 7.93. The lowest BCUT2D eigenvalue weighted by atomic mass is 9.95. The van der Waals surface area contributed by atoms with E-state index in [0.717, 1.165) is 19.0 Å². The van der Waals surface area contributed by atoms with Crippen LogP contribution in [-0.4, -0.2) is 23.1 Å². The van der Waals surface area contributed by atoms with Gasteiger partial charge in [-0.2, -0.15) is 0 Å². The molecule has 1 aromatic rings. The van der Waals surface area contributed by atoms with Crippen LogP contribution in [-0.2, 0) is 0 Å². The largest absolute Gasteiger partial charge is 0.345 e. The van der Waals surface area contributed by atoms with Crippen LogP contribution in [0.25, 0.3) is 0 Å². The van der Waals surface area contributed by atoms with Gasteiger partial charge in [0.05, 0.1) is 0 Å². The lowest BCUT2D eigenvalue weighted by Crippen LogP contribution is -2.26. The maximum absolute atomic E-state index is 4.60. The Morgan fingerprint density at radius 2 is 1.75 bits per heavy atom. The number of imidazole rings is 1. The van der Waals surface area contributed by atoms with E-state index >= 15 is 0 Å².